The molecule has 1 N–H and O–H groups in total. The Balaban J connectivity index is 1.77. The summed E-state index contributed by atoms with van der Waals surface area (Å²) in [5, 5.41) is 9.31. The fourth-order valence-corrected chi connectivity index (χ4v) is 3.85. The van der Waals surface area contributed by atoms with Crippen LogP contribution in [-0.4, -0.2) is 42.3 Å². The summed E-state index contributed by atoms with van der Waals surface area (Å²) in [6.07, 6.45) is 1.41. The highest BCUT2D eigenvalue weighted by Gasteiger charge is 2.43. The zero-order valence-corrected chi connectivity index (χ0v) is 16.8. The summed E-state index contributed by atoms with van der Waals surface area (Å²) >= 11 is 0. The van der Waals surface area contributed by atoms with Gasteiger partial charge in [0.15, 0.2) is 0 Å². The summed E-state index contributed by atoms with van der Waals surface area (Å²) in [4.78, 5) is 26.3. The monoisotopic (exact) mass is 397 g/mol. The second-order valence-corrected chi connectivity index (χ2v) is 7.29. The van der Waals surface area contributed by atoms with Crippen LogP contribution < -0.4 is 0 Å². The van der Waals surface area contributed by atoms with Crippen molar-refractivity contribution in [3.63, 3.8) is 0 Å². The van der Waals surface area contributed by atoms with Crippen molar-refractivity contribution >= 4 is 12.1 Å². The number of benzene rings is 2. The number of aliphatic hydroxyl groups is 1. The minimum absolute atomic E-state index is 0.0544. The van der Waals surface area contributed by atoms with E-state index < -0.39 is 11.6 Å². The molecule has 0 aliphatic carbocycles. The van der Waals surface area contributed by atoms with Gasteiger partial charge in [-0.2, -0.15) is 0 Å². The van der Waals surface area contributed by atoms with Gasteiger partial charge in [-0.1, -0.05) is 42.5 Å². The van der Waals surface area contributed by atoms with Gasteiger partial charge in [0.1, 0.15) is 5.60 Å². The van der Waals surface area contributed by atoms with Crippen molar-refractivity contribution in [1.29, 1.82) is 0 Å². The molecule has 0 unspecified atom stereocenters. The maximum Gasteiger partial charge on any atom is 0.411 e. The first-order valence-electron chi connectivity index (χ1n) is 9.85. The third-order valence-electron chi connectivity index (χ3n) is 5.59. The molecule has 0 saturated carbocycles. The zero-order chi connectivity index (χ0) is 20.9. The molecule has 0 radical (unpaired) electrons. The summed E-state index contributed by atoms with van der Waals surface area (Å²) in [7, 11) is 1.35. The number of aliphatic hydroxyl groups excluding tert-OH is 1. The molecule has 0 aromatic heterocycles. The van der Waals surface area contributed by atoms with E-state index in [1.807, 2.05) is 49.4 Å². The van der Waals surface area contributed by atoms with E-state index in [4.69, 9.17) is 9.47 Å². The fourth-order valence-electron chi connectivity index (χ4n) is 3.85. The highest BCUT2D eigenvalue weighted by atomic mass is 16.6. The lowest BCUT2D eigenvalue weighted by molar-refractivity contribution is -0.0680. The van der Waals surface area contributed by atoms with E-state index in [9.17, 15) is 14.7 Å². The molecule has 2 aromatic rings. The van der Waals surface area contributed by atoms with Crippen molar-refractivity contribution in [1.82, 2.24) is 4.90 Å². The topological polar surface area (TPSA) is 76.1 Å². The molecule has 1 heterocycles. The van der Waals surface area contributed by atoms with Gasteiger partial charge >= 0.3 is 12.1 Å². The predicted molar refractivity (Wildman–Crippen MR) is 108 cm³/mol. The van der Waals surface area contributed by atoms with Crippen molar-refractivity contribution in [3.8, 4) is 0 Å². The van der Waals surface area contributed by atoms with Gasteiger partial charge < -0.3 is 19.5 Å². The summed E-state index contributed by atoms with van der Waals surface area (Å²) in [5.74, 6) is -0.391. The molecule has 1 saturated heterocycles. The molecule has 1 aliphatic rings. The van der Waals surface area contributed by atoms with Crippen LogP contribution in [0.4, 0.5) is 4.79 Å². The minimum atomic E-state index is -0.716. The number of carbonyl (C=O) groups excluding carboxylic acids is 2. The van der Waals surface area contributed by atoms with Gasteiger partial charge in [0.25, 0.3) is 0 Å². The number of hydrogen-bond acceptors (Lipinski definition) is 5. The van der Waals surface area contributed by atoms with E-state index in [1.165, 1.54) is 7.11 Å². The highest BCUT2D eigenvalue weighted by molar-refractivity contribution is 5.89. The first kappa shape index (κ1) is 20.9. The van der Waals surface area contributed by atoms with E-state index in [2.05, 4.69) is 0 Å². The number of ether oxygens (including phenoxy) is 2. The lowest BCUT2D eigenvalue weighted by Crippen LogP contribution is -2.48. The van der Waals surface area contributed by atoms with Crippen LogP contribution in [-0.2, 0) is 15.1 Å². The first-order valence-corrected chi connectivity index (χ1v) is 9.85. The minimum Gasteiger partial charge on any atom is -0.465 e. The van der Waals surface area contributed by atoms with Gasteiger partial charge in [0.05, 0.1) is 18.7 Å². The molecule has 29 heavy (non-hydrogen) atoms. The van der Waals surface area contributed by atoms with Gasteiger partial charge in [0, 0.05) is 19.6 Å². The number of amides is 1. The van der Waals surface area contributed by atoms with E-state index >= 15 is 0 Å². The van der Waals surface area contributed by atoms with E-state index in [1.54, 1.807) is 17.0 Å². The molecular weight excluding hydrogens is 370 g/mol. The Kier molecular flexibility index (Phi) is 6.54. The number of cyclic esters (lactones) is 1. The van der Waals surface area contributed by atoms with Gasteiger partial charge in [-0.05, 0) is 43.0 Å². The van der Waals surface area contributed by atoms with Crippen molar-refractivity contribution in [2.75, 3.05) is 20.3 Å². The Morgan fingerprint density at radius 1 is 1.21 bits per heavy atom. The molecule has 3 rings (SSSR count). The van der Waals surface area contributed by atoms with Crippen LogP contribution in [0.3, 0.4) is 0 Å². The van der Waals surface area contributed by atoms with E-state index in [0.29, 0.717) is 31.4 Å². The number of rotatable bonds is 7. The lowest BCUT2D eigenvalue weighted by Gasteiger charge is -2.43. The van der Waals surface area contributed by atoms with Gasteiger partial charge in [-0.15, -0.1) is 0 Å². The van der Waals surface area contributed by atoms with E-state index in [-0.39, 0.29) is 18.7 Å². The van der Waals surface area contributed by atoms with E-state index in [0.717, 1.165) is 11.1 Å². The molecule has 2 atom stereocenters. The summed E-state index contributed by atoms with van der Waals surface area (Å²) in [6, 6.07) is 16.6. The fraction of sp³-hybridized carbons (Fsp3) is 0.391. The van der Waals surface area contributed by atoms with Gasteiger partial charge in [-0.3, -0.25) is 0 Å². The third kappa shape index (κ3) is 4.43. The van der Waals surface area contributed by atoms with Crippen LogP contribution in [0.15, 0.2) is 54.6 Å². The van der Waals surface area contributed by atoms with Crippen molar-refractivity contribution < 1.29 is 24.2 Å². The van der Waals surface area contributed by atoms with Crippen LogP contribution in [0.25, 0.3) is 0 Å². The Labute approximate surface area is 171 Å². The number of hydrogen-bond donors (Lipinski definition) is 1. The van der Waals surface area contributed by atoms with Gasteiger partial charge in [-0.25, -0.2) is 9.59 Å². The molecule has 1 fully saturated rings. The molecule has 2 aromatic carbocycles. The quantitative estimate of drug-likeness (QED) is 0.714. The third-order valence-corrected chi connectivity index (χ3v) is 5.59. The molecule has 1 aliphatic heterocycles. The maximum atomic E-state index is 12.9. The zero-order valence-electron chi connectivity index (χ0n) is 16.8. The largest absolute Gasteiger partial charge is 0.465 e. The Morgan fingerprint density at radius 3 is 2.48 bits per heavy atom. The standard InChI is InChI=1S/C23H27NO5/c1-17(18-9-11-19(12-10-18)21(26)28-2)24-15-14-23(13-6-16-25,29-22(24)27)20-7-4-3-5-8-20/h3-5,7-12,17,25H,6,13-16H2,1-2H3/t17-,23+/m0/s1. The molecular formula is C23H27NO5. The number of carbonyl (C=O) groups is 2. The lowest BCUT2D eigenvalue weighted by atomic mass is 9.84. The number of esters is 1. The molecule has 0 bridgehead atoms. The summed E-state index contributed by atoms with van der Waals surface area (Å²) in [5.41, 5.74) is 1.62. The highest BCUT2D eigenvalue weighted by Crippen LogP contribution is 2.40. The Bertz CT molecular complexity index is 836. The normalized spacial score (nSPS) is 20.1. The molecule has 154 valence electrons. The Morgan fingerprint density at radius 2 is 1.90 bits per heavy atom. The summed E-state index contributed by atoms with van der Waals surface area (Å²) in [6.45, 7) is 2.54. The van der Waals surface area contributed by atoms with Crippen LogP contribution in [0, 0.1) is 0 Å². The van der Waals surface area contributed by atoms with Crippen LogP contribution in [0.1, 0.15) is 53.7 Å². The molecule has 6 heteroatoms. The van der Waals surface area contributed by atoms with Crippen LogP contribution >= 0.6 is 0 Å². The number of methoxy groups -OCH3 is 1. The molecule has 6 nitrogen and oxygen atoms in total. The average molecular weight is 397 g/mol. The second-order valence-electron chi connectivity index (χ2n) is 7.29. The molecule has 0 spiro atoms. The first-order chi connectivity index (χ1) is 14.0. The molecule has 1 amide bonds. The Hall–Kier alpha value is -2.86. The number of nitrogens with zero attached hydrogens (tertiary/aromatic N) is 1. The maximum absolute atomic E-state index is 12.9. The summed E-state index contributed by atoms with van der Waals surface area (Å²) < 4.78 is 10.7. The SMILES string of the molecule is COC(=O)c1ccc([C@H](C)N2CC[C@](CCCO)(c3ccccc3)OC2=O)cc1. The van der Waals surface area contributed by atoms with Crippen molar-refractivity contribution in [2.24, 2.45) is 0 Å². The smallest absolute Gasteiger partial charge is 0.411 e. The van der Waals surface area contributed by atoms with Gasteiger partial charge in [0.2, 0.25) is 0 Å². The van der Waals surface area contributed by atoms with Crippen molar-refractivity contribution in [3.05, 3.63) is 71.3 Å². The average Bonchev–Trinajstić information content (AvgIpc) is 2.77. The predicted octanol–water partition coefficient (Wildman–Crippen LogP) is 4.04. The second kappa shape index (κ2) is 9.09. The van der Waals surface area contributed by atoms with Crippen molar-refractivity contribution in [2.45, 2.75) is 37.8 Å². The van der Waals surface area contributed by atoms with Crippen LogP contribution in [0.5, 0.6) is 0 Å². The van der Waals surface area contributed by atoms with Crippen LogP contribution in [0.2, 0.25) is 0 Å².